The third kappa shape index (κ3) is 6.19. The van der Waals surface area contributed by atoms with E-state index in [-0.39, 0.29) is 0 Å². The molecular weight excluding hydrogens is 781 g/mol. The normalized spacial score (nSPS) is 11.4. The number of anilines is 6. The lowest BCUT2D eigenvalue weighted by Crippen LogP contribution is -2.14. The number of aromatic nitrogens is 4. The zero-order chi connectivity index (χ0) is 42.4. The van der Waals surface area contributed by atoms with Crippen LogP contribution in [0.15, 0.2) is 243 Å². The van der Waals surface area contributed by atoms with Crippen LogP contribution >= 0.6 is 0 Å². The first-order valence-electron chi connectivity index (χ1n) is 21.6. The summed E-state index contributed by atoms with van der Waals surface area (Å²) in [5, 5.41) is 4.96. The van der Waals surface area contributed by atoms with Crippen molar-refractivity contribution in [3.05, 3.63) is 243 Å². The Bertz CT molecular complexity index is 3260. The molecule has 0 aliphatic heterocycles. The Balaban J connectivity index is 0.985. The fourth-order valence-electron chi connectivity index (χ4n) is 9.50. The molecule has 12 rings (SSSR count). The van der Waals surface area contributed by atoms with E-state index in [0.717, 1.165) is 56.6 Å². The minimum Gasteiger partial charge on any atom is -0.309 e. The Labute approximate surface area is 370 Å². The number of benzene rings is 8. The van der Waals surface area contributed by atoms with E-state index in [1.807, 2.05) is 24.8 Å². The zero-order valence-electron chi connectivity index (χ0n) is 34.8. The van der Waals surface area contributed by atoms with Crippen molar-refractivity contribution < 1.29 is 0 Å². The van der Waals surface area contributed by atoms with Gasteiger partial charge in [-0.1, -0.05) is 109 Å². The molecule has 8 aromatic carbocycles. The highest BCUT2D eigenvalue weighted by atomic mass is 15.2. The molecule has 0 N–H and O–H groups in total. The van der Waals surface area contributed by atoms with Gasteiger partial charge in [-0.05, 0) is 109 Å². The lowest BCUT2D eigenvalue weighted by Gasteiger charge is -2.30. The third-order valence-corrected chi connectivity index (χ3v) is 12.3. The first kappa shape index (κ1) is 37.1. The molecule has 64 heavy (non-hydrogen) atoms. The van der Waals surface area contributed by atoms with Crippen LogP contribution in [-0.4, -0.2) is 19.1 Å². The van der Waals surface area contributed by atoms with Crippen LogP contribution in [0.25, 0.3) is 66.1 Å². The summed E-state index contributed by atoms with van der Waals surface area (Å²) in [4.78, 5) is 14.1. The van der Waals surface area contributed by atoms with Crippen LogP contribution < -0.4 is 9.80 Å². The predicted molar refractivity (Wildman–Crippen MR) is 266 cm³/mol. The van der Waals surface area contributed by atoms with Gasteiger partial charge in [-0.2, -0.15) is 0 Å². The van der Waals surface area contributed by atoms with Crippen molar-refractivity contribution in [2.24, 2.45) is 0 Å². The van der Waals surface area contributed by atoms with Crippen molar-refractivity contribution in [2.75, 3.05) is 9.80 Å². The van der Waals surface area contributed by atoms with Gasteiger partial charge in [0.15, 0.2) is 0 Å². The molecular formula is C58H40N6. The summed E-state index contributed by atoms with van der Waals surface area (Å²) in [7, 11) is 0. The van der Waals surface area contributed by atoms with E-state index in [2.05, 4.69) is 237 Å². The molecule has 6 nitrogen and oxygen atoms in total. The summed E-state index contributed by atoms with van der Waals surface area (Å²) in [5.74, 6) is 0. The molecule has 0 aliphatic carbocycles. The van der Waals surface area contributed by atoms with E-state index in [0.29, 0.717) is 0 Å². The lowest BCUT2D eigenvalue weighted by atomic mass is 10.0. The number of rotatable bonds is 9. The summed E-state index contributed by atoms with van der Waals surface area (Å²) in [6, 6.07) is 77.6. The van der Waals surface area contributed by atoms with Crippen molar-refractivity contribution in [1.29, 1.82) is 0 Å². The van der Waals surface area contributed by atoms with Gasteiger partial charge in [0.25, 0.3) is 0 Å². The van der Waals surface area contributed by atoms with Crippen molar-refractivity contribution >= 4 is 77.7 Å². The van der Waals surface area contributed by atoms with Crippen LogP contribution in [0.1, 0.15) is 0 Å². The van der Waals surface area contributed by atoms with E-state index >= 15 is 0 Å². The van der Waals surface area contributed by atoms with Crippen LogP contribution in [0.3, 0.4) is 0 Å². The summed E-state index contributed by atoms with van der Waals surface area (Å²) < 4.78 is 4.71. The van der Waals surface area contributed by atoms with Crippen molar-refractivity contribution in [3.8, 4) is 22.5 Å². The molecule has 4 aromatic heterocycles. The molecule has 0 spiro atoms. The van der Waals surface area contributed by atoms with E-state index in [9.17, 15) is 0 Å². The Hall–Kier alpha value is -8.74. The Morgan fingerprint density at radius 3 is 0.922 bits per heavy atom. The minimum absolute atomic E-state index is 0.945. The first-order valence-corrected chi connectivity index (χ1v) is 21.6. The minimum atomic E-state index is 0.945. The van der Waals surface area contributed by atoms with Crippen LogP contribution in [0.4, 0.5) is 34.1 Å². The van der Waals surface area contributed by atoms with Crippen molar-refractivity contribution in [3.63, 3.8) is 0 Å². The number of para-hydroxylation sites is 6. The molecule has 4 heterocycles. The maximum absolute atomic E-state index is 4.76. The van der Waals surface area contributed by atoms with Gasteiger partial charge in [0.2, 0.25) is 0 Å². The van der Waals surface area contributed by atoms with E-state index in [4.69, 9.17) is 9.97 Å². The summed E-state index contributed by atoms with van der Waals surface area (Å²) >= 11 is 0. The summed E-state index contributed by atoms with van der Waals surface area (Å²) in [6.45, 7) is 0. The van der Waals surface area contributed by atoms with E-state index in [1.54, 1.807) is 0 Å². The van der Waals surface area contributed by atoms with Gasteiger partial charge in [0.05, 0.1) is 45.8 Å². The van der Waals surface area contributed by atoms with Gasteiger partial charge in [-0.25, -0.2) is 0 Å². The van der Waals surface area contributed by atoms with Crippen molar-refractivity contribution in [2.45, 2.75) is 0 Å². The van der Waals surface area contributed by atoms with Crippen LogP contribution in [0.5, 0.6) is 0 Å². The molecule has 6 heteroatoms. The molecule has 0 amide bonds. The maximum atomic E-state index is 4.76. The van der Waals surface area contributed by atoms with Gasteiger partial charge in [0.1, 0.15) is 0 Å². The maximum Gasteiger partial charge on any atom is 0.0724 e. The highest BCUT2D eigenvalue weighted by molar-refractivity contribution is 6.10. The van der Waals surface area contributed by atoms with Crippen LogP contribution in [-0.2, 0) is 0 Å². The molecule has 0 saturated heterocycles. The topological polar surface area (TPSA) is 42.1 Å². The second-order valence-electron chi connectivity index (χ2n) is 15.9. The highest BCUT2D eigenvalue weighted by Crippen LogP contribution is 2.46. The van der Waals surface area contributed by atoms with Gasteiger partial charge >= 0.3 is 0 Å². The Kier molecular flexibility index (Phi) is 9.05. The number of pyridine rings is 2. The summed E-state index contributed by atoms with van der Waals surface area (Å²) in [5.41, 5.74) is 14.9. The molecule has 12 aromatic rings. The standard InChI is InChI=1S/C58H40N6/c1-3-15-41(16-4-1)61(43-27-31-45(32-28-43)63-53-23-11-7-19-47(53)48-20-8-12-24-54(48)63)57-39-59-37-35-51(57)52-36-38-60-40-58(52)62(42-17-5-2-6-18-42)44-29-33-46(34-30-44)64-55-25-13-9-21-49(55)50-22-10-14-26-56(50)64/h1-40H. The number of fused-ring (bicyclic) bond motifs is 6. The SMILES string of the molecule is c1ccc(N(c2ccc(-n3c4ccccc4c4ccccc43)cc2)c2cnccc2-c2ccncc2N(c2ccccc2)c2ccc(-n3c4ccccc4c4ccccc43)cc2)cc1. The quantitative estimate of drug-likeness (QED) is 0.145. The van der Waals surface area contributed by atoms with Crippen LogP contribution in [0, 0.1) is 0 Å². The molecule has 0 atom stereocenters. The zero-order valence-corrected chi connectivity index (χ0v) is 34.8. The molecule has 0 unspecified atom stereocenters. The van der Waals surface area contributed by atoms with E-state index < -0.39 is 0 Å². The van der Waals surface area contributed by atoms with Gasteiger partial charge in [0, 0.05) is 79.2 Å². The predicted octanol–water partition coefficient (Wildman–Crippen LogP) is 15.3. The number of hydrogen-bond donors (Lipinski definition) is 0. The summed E-state index contributed by atoms with van der Waals surface area (Å²) in [6.07, 6.45) is 7.71. The second-order valence-corrected chi connectivity index (χ2v) is 15.9. The molecule has 302 valence electrons. The molecule has 0 saturated carbocycles. The highest BCUT2D eigenvalue weighted by Gasteiger charge is 2.23. The number of nitrogens with zero attached hydrogens (tertiary/aromatic N) is 6. The van der Waals surface area contributed by atoms with Gasteiger partial charge in [-0.15, -0.1) is 0 Å². The first-order chi connectivity index (χ1) is 31.8. The fraction of sp³-hybridized carbons (Fsp3) is 0. The fourth-order valence-corrected chi connectivity index (χ4v) is 9.50. The largest absolute Gasteiger partial charge is 0.309 e. The van der Waals surface area contributed by atoms with Gasteiger partial charge in [-0.3, -0.25) is 9.97 Å². The average molecular weight is 821 g/mol. The Morgan fingerprint density at radius 1 is 0.281 bits per heavy atom. The average Bonchev–Trinajstić information content (AvgIpc) is 3.89. The monoisotopic (exact) mass is 820 g/mol. The smallest absolute Gasteiger partial charge is 0.0724 e. The van der Waals surface area contributed by atoms with Crippen molar-refractivity contribution in [1.82, 2.24) is 19.1 Å². The second kappa shape index (κ2) is 15.6. The molecule has 0 bridgehead atoms. The molecule has 0 aliphatic rings. The van der Waals surface area contributed by atoms with Crippen LogP contribution in [0.2, 0.25) is 0 Å². The Morgan fingerprint density at radius 2 is 0.578 bits per heavy atom. The molecule has 0 radical (unpaired) electrons. The number of hydrogen-bond acceptors (Lipinski definition) is 4. The lowest BCUT2D eigenvalue weighted by molar-refractivity contribution is 1.17. The third-order valence-electron chi connectivity index (χ3n) is 12.3. The van der Waals surface area contributed by atoms with E-state index in [1.165, 1.54) is 43.6 Å². The van der Waals surface area contributed by atoms with Gasteiger partial charge < -0.3 is 18.9 Å². The molecule has 0 fully saturated rings.